The van der Waals surface area contributed by atoms with Crippen molar-refractivity contribution in [1.82, 2.24) is 5.32 Å². The largest absolute Gasteiger partial charge is 0.497 e. The smallest absolute Gasteiger partial charge is 0.338 e. The van der Waals surface area contributed by atoms with Gasteiger partial charge in [0.05, 0.1) is 18.7 Å². The molecule has 1 N–H and O–H groups in total. The molecule has 1 aliphatic heterocycles. The number of esters is 1. The number of nitrogens with one attached hydrogen (secondary N) is 1. The predicted octanol–water partition coefficient (Wildman–Crippen LogP) is 2.46. The highest BCUT2D eigenvalue weighted by Crippen LogP contribution is 2.32. The van der Waals surface area contributed by atoms with Gasteiger partial charge in [-0.2, -0.15) is 0 Å². The van der Waals surface area contributed by atoms with Crippen LogP contribution >= 0.6 is 0 Å². The molecule has 1 heterocycles. The van der Waals surface area contributed by atoms with Crippen molar-refractivity contribution in [2.24, 2.45) is 0 Å². The molecule has 0 radical (unpaired) electrons. The van der Waals surface area contributed by atoms with Gasteiger partial charge in [-0.15, -0.1) is 0 Å². The van der Waals surface area contributed by atoms with Crippen LogP contribution in [0.2, 0.25) is 0 Å². The van der Waals surface area contributed by atoms with Crippen LogP contribution in [0.5, 0.6) is 17.2 Å². The normalized spacial score (nSPS) is 13.0. The zero-order valence-corrected chi connectivity index (χ0v) is 14.5. The molecule has 0 spiro atoms. The van der Waals surface area contributed by atoms with Gasteiger partial charge in [0.1, 0.15) is 5.75 Å². The highest BCUT2D eigenvalue weighted by atomic mass is 16.7. The van der Waals surface area contributed by atoms with Crippen LogP contribution < -0.4 is 19.5 Å². The fourth-order valence-corrected chi connectivity index (χ4v) is 2.50. The second-order valence-electron chi connectivity index (χ2n) is 5.71. The zero-order valence-electron chi connectivity index (χ0n) is 14.5. The van der Waals surface area contributed by atoms with Gasteiger partial charge in [0, 0.05) is 0 Å². The van der Waals surface area contributed by atoms with Gasteiger partial charge in [0.15, 0.2) is 18.1 Å². The third kappa shape index (κ3) is 4.05. The van der Waals surface area contributed by atoms with Crippen molar-refractivity contribution in [1.29, 1.82) is 0 Å². The first-order chi connectivity index (χ1) is 12.6. The van der Waals surface area contributed by atoms with Crippen molar-refractivity contribution >= 4 is 11.9 Å². The zero-order chi connectivity index (χ0) is 18.5. The first-order valence-electron chi connectivity index (χ1n) is 8.07. The number of benzene rings is 2. The standard InChI is InChI=1S/C19H19NO6/c1-12(13-3-6-15(23-2)7-4-13)20-18(21)10-24-19(22)14-5-8-16-17(9-14)26-11-25-16/h3-9,12H,10-11H2,1-2H3,(H,20,21). The molecule has 0 saturated carbocycles. The maximum Gasteiger partial charge on any atom is 0.338 e. The second kappa shape index (κ2) is 7.77. The summed E-state index contributed by atoms with van der Waals surface area (Å²) in [6.07, 6.45) is 0. The molecule has 2 aromatic rings. The highest BCUT2D eigenvalue weighted by Gasteiger charge is 2.18. The van der Waals surface area contributed by atoms with Crippen LogP contribution in [0.25, 0.3) is 0 Å². The van der Waals surface area contributed by atoms with Crippen molar-refractivity contribution in [3.8, 4) is 17.2 Å². The van der Waals surface area contributed by atoms with E-state index in [-0.39, 0.29) is 25.3 Å². The Bertz CT molecular complexity index is 802. The third-order valence-electron chi connectivity index (χ3n) is 3.94. The quantitative estimate of drug-likeness (QED) is 0.800. The van der Waals surface area contributed by atoms with Crippen LogP contribution in [0.1, 0.15) is 28.9 Å². The van der Waals surface area contributed by atoms with E-state index >= 15 is 0 Å². The lowest BCUT2D eigenvalue weighted by molar-refractivity contribution is -0.124. The number of methoxy groups -OCH3 is 1. The molecule has 0 saturated heterocycles. The number of carbonyl (C=O) groups excluding carboxylic acids is 2. The molecule has 1 unspecified atom stereocenters. The summed E-state index contributed by atoms with van der Waals surface area (Å²) in [4.78, 5) is 24.1. The molecule has 26 heavy (non-hydrogen) atoms. The molecule has 136 valence electrons. The summed E-state index contributed by atoms with van der Waals surface area (Å²) < 4.78 is 20.6. The van der Waals surface area contributed by atoms with Crippen molar-refractivity contribution in [3.05, 3.63) is 53.6 Å². The molecule has 3 rings (SSSR count). The van der Waals surface area contributed by atoms with Gasteiger partial charge in [0.25, 0.3) is 5.91 Å². The number of hydrogen-bond acceptors (Lipinski definition) is 6. The Morgan fingerprint density at radius 1 is 1.12 bits per heavy atom. The van der Waals surface area contributed by atoms with Gasteiger partial charge in [-0.3, -0.25) is 4.79 Å². The van der Waals surface area contributed by atoms with Gasteiger partial charge in [-0.25, -0.2) is 4.79 Å². The lowest BCUT2D eigenvalue weighted by Crippen LogP contribution is -2.31. The Morgan fingerprint density at radius 3 is 2.58 bits per heavy atom. The molecule has 0 bridgehead atoms. The summed E-state index contributed by atoms with van der Waals surface area (Å²) in [5, 5.41) is 2.78. The third-order valence-corrected chi connectivity index (χ3v) is 3.94. The molecular formula is C19H19NO6. The van der Waals surface area contributed by atoms with E-state index in [9.17, 15) is 9.59 Å². The van der Waals surface area contributed by atoms with Crippen LogP contribution in [-0.4, -0.2) is 32.4 Å². The molecule has 1 aliphatic rings. The van der Waals surface area contributed by atoms with Gasteiger partial charge >= 0.3 is 5.97 Å². The molecule has 0 aliphatic carbocycles. The summed E-state index contributed by atoms with van der Waals surface area (Å²) in [6.45, 7) is 1.60. The summed E-state index contributed by atoms with van der Waals surface area (Å²) in [5.41, 5.74) is 1.21. The summed E-state index contributed by atoms with van der Waals surface area (Å²) >= 11 is 0. The monoisotopic (exact) mass is 357 g/mol. The minimum absolute atomic E-state index is 0.124. The number of fused-ring (bicyclic) bond motifs is 1. The Morgan fingerprint density at radius 2 is 1.85 bits per heavy atom. The minimum Gasteiger partial charge on any atom is -0.497 e. The minimum atomic E-state index is -0.601. The summed E-state index contributed by atoms with van der Waals surface area (Å²) in [6, 6.07) is 11.9. The van der Waals surface area contributed by atoms with Crippen LogP contribution in [0, 0.1) is 0 Å². The van der Waals surface area contributed by atoms with E-state index in [1.807, 2.05) is 31.2 Å². The van der Waals surface area contributed by atoms with E-state index < -0.39 is 5.97 Å². The molecule has 2 aromatic carbocycles. The van der Waals surface area contributed by atoms with Gasteiger partial charge in [-0.05, 0) is 42.8 Å². The topological polar surface area (TPSA) is 83.1 Å². The first kappa shape index (κ1) is 17.6. The number of hydrogen-bond donors (Lipinski definition) is 1. The van der Waals surface area contributed by atoms with Crippen molar-refractivity contribution < 1.29 is 28.5 Å². The molecule has 0 aromatic heterocycles. The van der Waals surface area contributed by atoms with Crippen molar-refractivity contribution in [2.75, 3.05) is 20.5 Å². The lowest BCUT2D eigenvalue weighted by Gasteiger charge is -2.15. The van der Waals surface area contributed by atoms with Crippen LogP contribution in [0.3, 0.4) is 0 Å². The van der Waals surface area contributed by atoms with Crippen molar-refractivity contribution in [3.63, 3.8) is 0 Å². The fraction of sp³-hybridized carbons (Fsp3) is 0.263. The SMILES string of the molecule is COc1ccc(C(C)NC(=O)COC(=O)c2ccc3c(c2)OCO3)cc1. The number of carbonyl (C=O) groups is 2. The van der Waals surface area contributed by atoms with E-state index in [1.165, 1.54) is 6.07 Å². The number of rotatable bonds is 6. The van der Waals surface area contributed by atoms with E-state index in [0.717, 1.165) is 11.3 Å². The summed E-state index contributed by atoms with van der Waals surface area (Å²) in [7, 11) is 1.59. The number of ether oxygens (including phenoxy) is 4. The van der Waals surface area contributed by atoms with E-state index in [0.29, 0.717) is 17.1 Å². The average molecular weight is 357 g/mol. The Balaban J connectivity index is 1.50. The molecular weight excluding hydrogens is 338 g/mol. The van der Waals surface area contributed by atoms with Crippen LogP contribution in [-0.2, 0) is 9.53 Å². The Hall–Kier alpha value is -3.22. The van der Waals surface area contributed by atoms with Gasteiger partial charge < -0.3 is 24.3 Å². The predicted molar refractivity (Wildman–Crippen MR) is 92.4 cm³/mol. The van der Waals surface area contributed by atoms with Crippen LogP contribution in [0.15, 0.2) is 42.5 Å². The fourth-order valence-electron chi connectivity index (χ4n) is 2.50. The first-order valence-corrected chi connectivity index (χ1v) is 8.07. The molecule has 1 atom stereocenters. The molecule has 0 fully saturated rings. The Labute approximate surface area is 150 Å². The molecule has 7 heteroatoms. The Kier molecular flexibility index (Phi) is 5.26. The lowest BCUT2D eigenvalue weighted by atomic mass is 10.1. The van der Waals surface area contributed by atoms with Gasteiger partial charge in [-0.1, -0.05) is 12.1 Å². The maximum atomic E-state index is 12.1. The van der Waals surface area contributed by atoms with E-state index in [4.69, 9.17) is 18.9 Å². The van der Waals surface area contributed by atoms with Gasteiger partial charge in [0.2, 0.25) is 6.79 Å². The van der Waals surface area contributed by atoms with E-state index in [2.05, 4.69) is 5.32 Å². The summed E-state index contributed by atoms with van der Waals surface area (Å²) in [5.74, 6) is 0.813. The average Bonchev–Trinajstić information content (AvgIpc) is 3.13. The highest BCUT2D eigenvalue weighted by molar-refractivity contribution is 5.92. The maximum absolute atomic E-state index is 12.1. The molecule has 1 amide bonds. The van der Waals surface area contributed by atoms with E-state index in [1.54, 1.807) is 19.2 Å². The number of amides is 1. The second-order valence-corrected chi connectivity index (χ2v) is 5.71. The molecule has 7 nitrogen and oxygen atoms in total. The van der Waals surface area contributed by atoms with Crippen molar-refractivity contribution in [2.45, 2.75) is 13.0 Å². The van der Waals surface area contributed by atoms with Crippen LogP contribution in [0.4, 0.5) is 0 Å².